The van der Waals surface area contributed by atoms with Crippen LogP contribution in [0.2, 0.25) is 0 Å². The topological polar surface area (TPSA) is 66.8 Å². The predicted molar refractivity (Wildman–Crippen MR) is 75.2 cm³/mol. The number of aliphatic carboxylic acids is 1. The normalized spacial score (nSPS) is 11.9. The maximum atomic E-state index is 12.2. The highest BCUT2D eigenvalue weighted by Crippen LogP contribution is 2.10. The number of carbonyl (C=O) groups is 2. The van der Waals surface area contributed by atoms with E-state index < -0.39 is 12.0 Å². The minimum absolute atomic E-state index is 0.193. The third kappa shape index (κ3) is 5.01. The smallest absolute Gasteiger partial charge is 0.326 e. The zero-order valence-corrected chi connectivity index (χ0v) is 11.9. The molecule has 1 atom stereocenters. The van der Waals surface area contributed by atoms with E-state index in [1.54, 1.807) is 0 Å². The fourth-order valence-electron chi connectivity index (χ4n) is 1.80. The monoisotopic (exact) mass is 279 g/mol. The molecule has 0 saturated carbocycles. The molecule has 5 heteroatoms. The van der Waals surface area contributed by atoms with Crippen molar-refractivity contribution < 1.29 is 19.4 Å². The molecule has 5 nitrogen and oxygen atoms in total. The summed E-state index contributed by atoms with van der Waals surface area (Å²) in [5, 5.41) is 9.13. The molecule has 1 rings (SSSR count). The number of hydrogen-bond donors (Lipinski definition) is 1. The standard InChI is InChI=1S/C15H21NO4/c1-3-20-10-9-14(17)16(12(2)15(18)19)11-13-7-5-4-6-8-13/h4-8,12H,3,9-11H2,1-2H3,(H,18,19). The van der Waals surface area contributed by atoms with Gasteiger partial charge in [0.05, 0.1) is 13.0 Å². The van der Waals surface area contributed by atoms with Crippen molar-refractivity contribution in [3.8, 4) is 0 Å². The summed E-state index contributed by atoms with van der Waals surface area (Å²) in [5.74, 6) is -1.22. The molecule has 1 amide bonds. The first-order valence-electron chi connectivity index (χ1n) is 6.70. The van der Waals surface area contributed by atoms with E-state index in [4.69, 9.17) is 9.84 Å². The van der Waals surface area contributed by atoms with Crippen molar-refractivity contribution in [1.29, 1.82) is 0 Å². The van der Waals surface area contributed by atoms with Crippen molar-refractivity contribution in [3.05, 3.63) is 35.9 Å². The minimum atomic E-state index is -1.01. The molecule has 1 aromatic carbocycles. The first-order valence-corrected chi connectivity index (χ1v) is 6.70. The third-order valence-corrected chi connectivity index (χ3v) is 3.01. The molecule has 110 valence electrons. The first kappa shape index (κ1) is 16.2. The molecule has 0 bridgehead atoms. The van der Waals surface area contributed by atoms with E-state index in [9.17, 15) is 9.59 Å². The number of carboxylic acids is 1. The molecule has 0 radical (unpaired) electrons. The van der Waals surface area contributed by atoms with Crippen LogP contribution in [0.3, 0.4) is 0 Å². The Bertz CT molecular complexity index is 433. The van der Waals surface area contributed by atoms with Gasteiger partial charge in [0, 0.05) is 13.2 Å². The van der Waals surface area contributed by atoms with Crippen LogP contribution in [-0.4, -0.2) is 41.1 Å². The molecule has 1 N–H and O–H groups in total. The zero-order chi connectivity index (χ0) is 15.0. The molecule has 0 heterocycles. The maximum Gasteiger partial charge on any atom is 0.326 e. The fraction of sp³-hybridized carbons (Fsp3) is 0.467. The van der Waals surface area contributed by atoms with Gasteiger partial charge in [-0.2, -0.15) is 0 Å². The Balaban J connectivity index is 2.74. The molecule has 0 aromatic heterocycles. The van der Waals surface area contributed by atoms with E-state index in [0.717, 1.165) is 5.56 Å². The highest BCUT2D eigenvalue weighted by atomic mass is 16.5. The van der Waals surface area contributed by atoms with Gasteiger partial charge in [-0.15, -0.1) is 0 Å². The van der Waals surface area contributed by atoms with Crippen LogP contribution < -0.4 is 0 Å². The van der Waals surface area contributed by atoms with Crippen molar-refractivity contribution >= 4 is 11.9 Å². The van der Waals surface area contributed by atoms with Crippen molar-refractivity contribution in [3.63, 3.8) is 0 Å². The van der Waals surface area contributed by atoms with Gasteiger partial charge >= 0.3 is 5.97 Å². The van der Waals surface area contributed by atoms with Crippen molar-refractivity contribution in [2.45, 2.75) is 32.9 Å². The summed E-state index contributed by atoms with van der Waals surface area (Å²) in [4.78, 5) is 24.7. The van der Waals surface area contributed by atoms with Crippen molar-refractivity contribution in [2.24, 2.45) is 0 Å². The van der Waals surface area contributed by atoms with Crippen LogP contribution in [0.5, 0.6) is 0 Å². The van der Waals surface area contributed by atoms with Crippen LogP contribution in [-0.2, 0) is 20.9 Å². The maximum absolute atomic E-state index is 12.2. The zero-order valence-electron chi connectivity index (χ0n) is 11.9. The highest BCUT2D eigenvalue weighted by Gasteiger charge is 2.25. The molecule has 20 heavy (non-hydrogen) atoms. The summed E-state index contributed by atoms with van der Waals surface area (Å²) in [6.45, 7) is 4.52. The molecular formula is C15H21NO4. The van der Waals surface area contributed by atoms with E-state index in [0.29, 0.717) is 19.8 Å². The third-order valence-electron chi connectivity index (χ3n) is 3.01. The Morgan fingerprint density at radius 3 is 2.50 bits per heavy atom. The second-order valence-electron chi connectivity index (χ2n) is 4.47. The van der Waals surface area contributed by atoms with Crippen LogP contribution in [0.1, 0.15) is 25.8 Å². The molecule has 1 aromatic rings. The highest BCUT2D eigenvalue weighted by molar-refractivity contribution is 5.83. The lowest BCUT2D eigenvalue weighted by Crippen LogP contribution is -2.43. The Morgan fingerprint density at radius 2 is 1.95 bits per heavy atom. The Morgan fingerprint density at radius 1 is 1.30 bits per heavy atom. The van der Waals surface area contributed by atoms with Gasteiger partial charge in [0.15, 0.2) is 0 Å². The number of hydrogen-bond acceptors (Lipinski definition) is 3. The van der Waals surface area contributed by atoms with Gasteiger partial charge in [0.25, 0.3) is 0 Å². The lowest BCUT2D eigenvalue weighted by Gasteiger charge is -2.26. The van der Waals surface area contributed by atoms with E-state index in [1.807, 2.05) is 37.3 Å². The number of nitrogens with zero attached hydrogens (tertiary/aromatic N) is 1. The number of amides is 1. The average Bonchev–Trinajstić information content (AvgIpc) is 2.45. The molecule has 1 unspecified atom stereocenters. The SMILES string of the molecule is CCOCCC(=O)N(Cc1ccccc1)C(C)C(=O)O. The van der Waals surface area contributed by atoms with E-state index in [2.05, 4.69) is 0 Å². The lowest BCUT2D eigenvalue weighted by atomic mass is 10.1. The van der Waals surface area contributed by atoms with Crippen LogP contribution in [0.25, 0.3) is 0 Å². The summed E-state index contributed by atoms with van der Waals surface area (Å²) < 4.78 is 5.15. The number of carbonyl (C=O) groups excluding carboxylic acids is 1. The van der Waals surface area contributed by atoms with E-state index in [-0.39, 0.29) is 12.3 Å². The molecule has 0 spiro atoms. The minimum Gasteiger partial charge on any atom is -0.480 e. The predicted octanol–water partition coefficient (Wildman–Crippen LogP) is 1.91. The average molecular weight is 279 g/mol. The van der Waals surface area contributed by atoms with Gasteiger partial charge in [-0.1, -0.05) is 30.3 Å². The molecule has 0 aliphatic carbocycles. The summed E-state index contributed by atoms with van der Waals surface area (Å²) in [7, 11) is 0. The second-order valence-corrected chi connectivity index (χ2v) is 4.47. The second kappa shape index (κ2) is 8.32. The van der Waals surface area contributed by atoms with Gasteiger partial charge in [-0.05, 0) is 19.4 Å². The van der Waals surface area contributed by atoms with E-state index in [1.165, 1.54) is 11.8 Å². The Kier molecular flexibility index (Phi) is 6.73. The summed E-state index contributed by atoms with van der Waals surface area (Å²) >= 11 is 0. The fourth-order valence-corrected chi connectivity index (χ4v) is 1.80. The summed E-state index contributed by atoms with van der Waals surface area (Å²) in [6, 6.07) is 8.50. The van der Waals surface area contributed by atoms with Gasteiger partial charge < -0.3 is 14.7 Å². The number of ether oxygens (including phenoxy) is 1. The number of carboxylic acid groups (broad SMARTS) is 1. The molecule has 0 aliphatic rings. The van der Waals surface area contributed by atoms with Gasteiger partial charge in [0.1, 0.15) is 6.04 Å². The number of benzene rings is 1. The Hall–Kier alpha value is -1.88. The molecule has 0 aliphatic heterocycles. The molecule has 0 saturated heterocycles. The van der Waals surface area contributed by atoms with Crippen molar-refractivity contribution in [2.75, 3.05) is 13.2 Å². The summed E-state index contributed by atoms with van der Waals surface area (Å²) in [6.07, 6.45) is 0.193. The Labute approximate surface area is 119 Å². The quantitative estimate of drug-likeness (QED) is 0.738. The molecule has 0 fully saturated rings. The van der Waals surface area contributed by atoms with E-state index >= 15 is 0 Å². The van der Waals surface area contributed by atoms with Crippen LogP contribution in [0, 0.1) is 0 Å². The van der Waals surface area contributed by atoms with Gasteiger partial charge in [-0.25, -0.2) is 4.79 Å². The number of rotatable bonds is 8. The largest absolute Gasteiger partial charge is 0.480 e. The first-order chi connectivity index (χ1) is 9.56. The van der Waals surface area contributed by atoms with Crippen molar-refractivity contribution in [1.82, 2.24) is 4.90 Å². The van der Waals surface area contributed by atoms with Gasteiger partial charge in [-0.3, -0.25) is 4.79 Å². The van der Waals surface area contributed by atoms with Gasteiger partial charge in [0.2, 0.25) is 5.91 Å². The summed E-state index contributed by atoms with van der Waals surface area (Å²) in [5.41, 5.74) is 0.908. The molecular weight excluding hydrogens is 258 g/mol. The van der Waals surface area contributed by atoms with Crippen LogP contribution >= 0.6 is 0 Å². The van der Waals surface area contributed by atoms with Crippen LogP contribution in [0.15, 0.2) is 30.3 Å². The van der Waals surface area contributed by atoms with Crippen LogP contribution in [0.4, 0.5) is 0 Å². The lowest BCUT2D eigenvalue weighted by molar-refractivity contribution is -0.150.